The van der Waals surface area contributed by atoms with Crippen LogP contribution in [0.3, 0.4) is 0 Å². The number of hydrogen-bond donors (Lipinski definition) is 3. The van der Waals surface area contributed by atoms with E-state index in [1.807, 2.05) is 0 Å². The molecule has 190 valence electrons. The van der Waals surface area contributed by atoms with Gasteiger partial charge in [-0.15, -0.1) is 0 Å². The summed E-state index contributed by atoms with van der Waals surface area (Å²) >= 11 is 0. The molecule has 0 aromatic heterocycles. The molecule has 1 amide bonds. The molecule has 1 aromatic rings. The van der Waals surface area contributed by atoms with Gasteiger partial charge in [0.25, 0.3) is 5.69 Å². The number of nitro groups is 2. The minimum atomic E-state index is -2.97. The number of fused-ring (bicyclic) bond motifs is 3. The van der Waals surface area contributed by atoms with Gasteiger partial charge in [-0.05, 0) is 32.9 Å². The molecule has 4 N–H and O–H groups in total. The Labute approximate surface area is 201 Å². The van der Waals surface area contributed by atoms with E-state index in [0.29, 0.717) is 6.07 Å². The number of nitro benzene ring substituents is 2. The second-order valence-electron chi connectivity index (χ2n) is 9.42. The quantitative estimate of drug-likeness (QED) is 0.246. The van der Waals surface area contributed by atoms with Gasteiger partial charge >= 0.3 is 5.69 Å². The van der Waals surface area contributed by atoms with E-state index in [1.54, 1.807) is 0 Å². The molecule has 4 unspecified atom stereocenters. The Bertz CT molecular complexity index is 1310. The van der Waals surface area contributed by atoms with Crippen LogP contribution in [0.1, 0.15) is 22.3 Å². The van der Waals surface area contributed by atoms with E-state index in [9.17, 15) is 54.4 Å². The van der Waals surface area contributed by atoms with Gasteiger partial charge in [-0.2, -0.15) is 0 Å². The van der Waals surface area contributed by atoms with E-state index in [4.69, 9.17) is 5.73 Å². The molecule has 36 heavy (non-hydrogen) atoms. The number of aromatic hydroxyl groups is 1. The lowest BCUT2D eigenvalue weighted by molar-refractivity contribution is -0.395. The number of amides is 1. The third-order valence-electron chi connectivity index (χ3n) is 7.41. The Morgan fingerprint density at radius 2 is 1.69 bits per heavy atom. The van der Waals surface area contributed by atoms with Crippen molar-refractivity contribution in [1.82, 2.24) is 4.90 Å². The van der Waals surface area contributed by atoms with Gasteiger partial charge in [-0.1, -0.05) is 0 Å². The van der Waals surface area contributed by atoms with Gasteiger partial charge in [0.15, 0.2) is 34.7 Å². The highest BCUT2D eigenvalue weighted by Crippen LogP contribution is 2.52. The van der Waals surface area contributed by atoms with Crippen molar-refractivity contribution in [2.24, 2.45) is 29.4 Å². The summed E-state index contributed by atoms with van der Waals surface area (Å²) in [7, 11) is 2.83. The molecule has 0 bridgehead atoms. The molecule has 4 rings (SSSR count). The maximum Gasteiger partial charge on any atom is 0.318 e. The fraction of sp³-hybridized carbons (Fsp3) is 0.476. The third-order valence-corrected chi connectivity index (χ3v) is 7.41. The summed E-state index contributed by atoms with van der Waals surface area (Å²) in [6, 6.07) is -0.817. The molecule has 6 atom stereocenters. The van der Waals surface area contributed by atoms with E-state index in [2.05, 4.69) is 0 Å². The predicted octanol–water partition coefficient (Wildman–Crippen LogP) is -1.32. The third kappa shape index (κ3) is 3.09. The second-order valence-corrected chi connectivity index (χ2v) is 9.42. The summed E-state index contributed by atoms with van der Waals surface area (Å²) in [5, 5.41) is 44.8. The molecule has 15 nitrogen and oxygen atoms in total. The van der Waals surface area contributed by atoms with Crippen molar-refractivity contribution in [1.29, 1.82) is 0 Å². The molecule has 1 aromatic carbocycles. The van der Waals surface area contributed by atoms with Crippen molar-refractivity contribution in [2.45, 2.75) is 24.5 Å². The number of phenols is 1. The van der Waals surface area contributed by atoms with Crippen LogP contribution < -0.4 is 5.73 Å². The van der Waals surface area contributed by atoms with Crippen LogP contribution in [0.25, 0.3) is 0 Å². The van der Waals surface area contributed by atoms with Crippen molar-refractivity contribution in [3.05, 3.63) is 37.4 Å². The molecule has 3 aliphatic carbocycles. The Morgan fingerprint density at radius 1 is 1.11 bits per heavy atom. The zero-order valence-electron chi connectivity index (χ0n) is 18.9. The molecule has 0 heterocycles. The van der Waals surface area contributed by atoms with Gasteiger partial charge in [0.1, 0.15) is 0 Å². The van der Waals surface area contributed by atoms with E-state index in [1.165, 1.54) is 19.0 Å². The number of phenolic OH excluding ortho intramolecular Hbond substituents is 1. The number of nitrogens with zero attached hydrogens (tertiary/aromatic N) is 3. The van der Waals surface area contributed by atoms with Crippen molar-refractivity contribution in [3.8, 4) is 5.75 Å². The van der Waals surface area contributed by atoms with Crippen LogP contribution in [-0.2, 0) is 25.6 Å². The monoisotopic (exact) mass is 504 g/mol. The molecular formula is C21H20N4O11. The average molecular weight is 504 g/mol. The van der Waals surface area contributed by atoms with Gasteiger partial charge in [0.2, 0.25) is 11.7 Å². The topological polar surface area (TPSA) is 241 Å². The number of primary amides is 1. The number of likely N-dealkylation sites (N-methyl/N-ethyl adjacent to an activating group) is 1. The molecular weight excluding hydrogens is 484 g/mol. The van der Waals surface area contributed by atoms with E-state index >= 15 is 0 Å². The summed E-state index contributed by atoms with van der Waals surface area (Å²) in [6.45, 7) is 0. The standard InChI is InChI=1S/C21H20N4O11/c1-23(2)14-8-4-6-3-7-9(24(33)34)5-10(25(35)36)15(26)12(7)16(27)11(6)18(29)21(8,32)19(30)13(17(14)28)20(22)31/h5-6,8,11,13-14,26,32H,3-4H2,1-2H3,(H2,22,31)/t6?,8?,11?,13?,14-,21-/m0/s1. The van der Waals surface area contributed by atoms with Crippen LogP contribution >= 0.6 is 0 Å². The summed E-state index contributed by atoms with van der Waals surface area (Å²) in [5.74, 6) is -14.0. The van der Waals surface area contributed by atoms with Crippen LogP contribution in [0.2, 0.25) is 0 Å². The SMILES string of the molecule is CN(C)[C@@H]1C(=O)C(C(N)=O)C(=O)[C@@]2(O)C(=O)C3C(=O)c4c(O)c([N+](=O)[O-])cc([N+](=O)[O-])c4CC3CC12. The van der Waals surface area contributed by atoms with Crippen LogP contribution in [0.4, 0.5) is 11.4 Å². The summed E-state index contributed by atoms with van der Waals surface area (Å²) < 4.78 is 0. The van der Waals surface area contributed by atoms with E-state index in [0.717, 1.165) is 0 Å². The molecule has 0 aliphatic heterocycles. The highest BCUT2D eigenvalue weighted by atomic mass is 16.6. The number of carbonyl (C=O) groups excluding carboxylic acids is 5. The average Bonchev–Trinajstić information content (AvgIpc) is 2.75. The lowest BCUT2D eigenvalue weighted by Crippen LogP contribution is -2.74. The zero-order valence-corrected chi connectivity index (χ0v) is 18.9. The number of benzene rings is 1. The first kappa shape index (κ1) is 25.0. The van der Waals surface area contributed by atoms with Gasteiger partial charge < -0.3 is 15.9 Å². The number of ketones is 4. The molecule has 2 saturated carbocycles. The number of rotatable bonds is 4. The first-order valence-corrected chi connectivity index (χ1v) is 10.7. The largest absolute Gasteiger partial charge is 0.502 e. The van der Waals surface area contributed by atoms with Crippen molar-refractivity contribution < 1.29 is 44.0 Å². The van der Waals surface area contributed by atoms with Crippen molar-refractivity contribution in [3.63, 3.8) is 0 Å². The van der Waals surface area contributed by atoms with Crippen LogP contribution in [-0.4, -0.2) is 79.7 Å². The minimum Gasteiger partial charge on any atom is -0.502 e. The molecule has 0 radical (unpaired) electrons. The second kappa shape index (κ2) is 7.96. The molecule has 0 spiro atoms. The lowest BCUT2D eigenvalue weighted by atomic mass is 9.52. The molecule has 15 heteroatoms. The lowest BCUT2D eigenvalue weighted by Gasteiger charge is -2.52. The molecule has 2 fully saturated rings. The van der Waals surface area contributed by atoms with E-state index < -0.39 is 96.9 Å². The summed E-state index contributed by atoms with van der Waals surface area (Å²) in [5.41, 5.74) is -0.854. The van der Waals surface area contributed by atoms with Crippen molar-refractivity contribution in [2.75, 3.05) is 14.1 Å². The number of nitrogens with two attached hydrogens (primary N) is 1. The van der Waals surface area contributed by atoms with Crippen molar-refractivity contribution >= 4 is 40.4 Å². The van der Waals surface area contributed by atoms with Crippen LogP contribution in [0.5, 0.6) is 5.75 Å². The first-order valence-electron chi connectivity index (χ1n) is 10.7. The normalized spacial score (nSPS) is 31.5. The molecule has 0 saturated heterocycles. The minimum absolute atomic E-state index is 0.307. The fourth-order valence-corrected chi connectivity index (χ4v) is 5.94. The number of hydrogen-bond acceptors (Lipinski definition) is 12. The zero-order chi connectivity index (χ0) is 27.0. The summed E-state index contributed by atoms with van der Waals surface area (Å²) in [4.78, 5) is 87.3. The van der Waals surface area contributed by atoms with Gasteiger partial charge in [0.05, 0.1) is 33.4 Å². The predicted molar refractivity (Wildman–Crippen MR) is 115 cm³/mol. The first-order chi connectivity index (χ1) is 16.7. The maximum atomic E-state index is 13.6. The Morgan fingerprint density at radius 3 is 2.19 bits per heavy atom. The number of Topliss-reactive ketones (excluding diaryl/α,β-unsaturated/α-hetero) is 4. The van der Waals surface area contributed by atoms with Gasteiger partial charge in [-0.3, -0.25) is 49.1 Å². The molecule has 3 aliphatic rings. The maximum absolute atomic E-state index is 13.6. The van der Waals surface area contributed by atoms with E-state index in [-0.39, 0.29) is 18.4 Å². The highest BCUT2D eigenvalue weighted by Gasteiger charge is 2.69. The number of carbonyl (C=O) groups is 5. The van der Waals surface area contributed by atoms with Gasteiger partial charge in [-0.25, -0.2) is 0 Å². The number of aliphatic hydroxyl groups is 1. The van der Waals surface area contributed by atoms with Gasteiger partial charge in [0, 0.05) is 11.5 Å². The Balaban J connectivity index is 1.93. The van der Waals surface area contributed by atoms with Crippen LogP contribution in [0, 0.1) is 43.9 Å². The van der Waals surface area contributed by atoms with Crippen LogP contribution in [0.15, 0.2) is 6.07 Å². The Hall–Kier alpha value is -4.11. The highest BCUT2D eigenvalue weighted by molar-refractivity contribution is 6.32. The summed E-state index contributed by atoms with van der Waals surface area (Å²) in [6.07, 6.45) is -0.688. The fourth-order valence-electron chi connectivity index (χ4n) is 5.94. The smallest absolute Gasteiger partial charge is 0.318 e. The Kier molecular flexibility index (Phi) is 5.53.